The minimum absolute atomic E-state index is 0.00311. The van der Waals surface area contributed by atoms with Crippen LogP contribution in [0.1, 0.15) is 6.42 Å². The maximum absolute atomic E-state index is 12.7. The molecular weight excluding hydrogens is 270 g/mol. The average molecular weight is 287 g/mol. The Labute approximate surface area is 122 Å². The zero-order chi connectivity index (χ0) is 15.1. The number of allylic oxidation sites excluding steroid dienone is 2. The fourth-order valence-electron chi connectivity index (χ4n) is 3.55. The molecule has 0 saturated heterocycles. The molecule has 5 heteroatoms. The third-order valence-electron chi connectivity index (χ3n) is 4.58. The molecule has 2 N–H and O–H groups in total. The number of phenols is 1. The average Bonchev–Trinajstić information content (AvgIpc) is 3.06. The van der Waals surface area contributed by atoms with Crippen LogP contribution in [0.5, 0.6) is 5.75 Å². The van der Waals surface area contributed by atoms with Crippen LogP contribution in [0.3, 0.4) is 0 Å². The monoisotopic (exact) mass is 287 g/mol. The minimum atomic E-state index is -0.908. The number of hydrogen-bond donors (Lipinski definition) is 2. The van der Waals surface area contributed by atoms with Gasteiger partial charge in [0.2, 0.25) is 5.91 Å². The molecule has 2 bridgehead atoms. The van der Waals surface area contributed by atoms with E-state index in [9.17, 15) is 19.8 Å². The van der Waals surface area contributed by atoms with Gasteiger partial charge >= 0.3 is 5.97 Å². The Balaban J connectivity index is 1.87. The largest absolute Gasteiger partial charge is 0.508 e. The number of amides is 1. The van der Waals surface area contributed by atoms with Crippen LogP contribution in [0.15, 0.2) is 36.4 Å². The SMILES string of the molecule is CN(C(=O)[C@H]1C2C=CC(C2)[C@H]1C(=O)O)c1cccc(O)c1. The molecule has 1 fully saturated rings. The highest BCUT2D eigenvalue weighted by Crippen LogP contribution is 2.49. The number of phenolic OH excluding ortho intramolecular Hbond substituents is 1. The molecule has 1 aromatic carbocycles. The summed E-state index contributed by atoms with van der Waals surface area (Å²) in [6.45, 7) is 0. The second-order valence-corrected chi connectivity index (χ2v) is 5.76. The van der Waals surface area contributed by atoms with Crippen LogP contribution in [0, 0.1) is 23.7 Å². The predicted octanol–water partition coefficient (Wildman–Crippen LogP) is 1.88. The highest BCUT2D eigenvalue weighted by atomic mass is 16.4. The lowest BCUT2D eigenvalue weighted by Gasteiger charge is -2.28. The molecule has 0 radical (unpaired) electrons. The fraction of sp³-hybridized carbons (Fsp3) is 0.375. The van der Waals surface area contributed by atoms with Crippen LogP contribution in [0.25, 0.3) is 0 Å². The van der Waals surface area contributed by atoms with Crippen LogP contribution >= 0.6 is 0 Å². The van der Waals surface area contributed by atoms with Crippen LogP contribution in [0.2, 0.25) is 0 Å². The number of aliphatic carboxylic acids is 1. The van der Waals surface area contributed by atoms with E-state index in [1.54, 1.807) is 19.2 Å². The van der Waals surface area contributed by atoms with Crippen molar-refractivity contribution in [1.29, 1.82) is 0 Å². The molecule has 4 atom stereocenters. The number of carbonyl (C=O) groups is 2. The Hall–Kier alpha value is -2.30. The van der Waals surface area contributed by atoms with Gasteiger partial charge in [0, 0.05) is 18.8 Å². The van der Waals surface area contributed by atoms with Crippen molar-refractivity contribution < 1.29 is 19.8 Å². The first kappa shape index (κ1) is 13.7. The summed E-state index contributed by atoms with van der Waals surface area (Å²) < 4.78 is 0. The van der Waals surface area contributed by atoms with Gasteiger partial charge in [-0.05, 0) is 30.4 Å². The second kappa shape index (κ2) is 4.91. The van der Waals surface area contributed by atoms with Gasteiger partial charge in [-0.3, -0.25) is 9.59 Å². The highest BCUT2D eigenvalue weighted by molar-refractivity contribution is 5.98. The molecule has 2 aliphatic rings. The van der Waals surface area contributed by atoms with Crippen molar-refractivity contribution in [3.8, 4) is 5.75 Å². The molecule has 1 aromatic rings. The van der Waals surface area contributed by atoms with Gasteiger partial charge in [0.1, 0.15) is 5.75 Å². The lowest BCUT2D eigenvalue weighted by molar-refractivity contribution is -0.147. The van der Waals surface area contributed by atoms with E-state index in [2.05, 4.69) is 0 Å². The van der Waals surface area contributed by atoms with Gasteiger partial charge in [0.25, 0.3) is 0 Å². The molecule has 2 aliphatic carbocycles. The summed E-state index contributed by atoms with van der Waals surface area (Å²) in [5.41, 5.74) is 0.566. The maximum Gasteiger partial charge on any atom is 0.307 e. The van der Waals surface area contributed by atoms with Gasteiger partial charge in [0.05, 0.1) is 11.8 Å². The van der Waals surface area contributed by atoms with E-state index < -0.39 is 17.8 Å². The topological polar surface area (TPSA) is 77.8 Å². The van der Waals surface area contributed by atoms with Crippen LogP contribution in [-0.4, -0.2) is 29.1 Å². The number of fused-ring (bicyclic) bond motifs is 2. The molecule has 110 valence electrons. The Kier molecular flexibility index (Phi) is 3.20. The summed E-state index contributed by atoms with van der Waals surface area (Å²) in [5.74, 6) is -2.24. The lowest BCUT2D eigenvalue weighted by atomic mass is 9.82. The number of rotatable bonds is 3. The molecule has 0 aromatic heterocycles. The molecule has 1 amide bonds. The molecule has 0 spiro atoms. The zero-order valence-corrected chi connectivity index (χ0v) is 11.6. The van der Waals surface area contributed by atoms with E-state index in [0.717, 1.165) is 6.42 Å². The Morgan fingerprint density at radius 1 is 1.19 bits per heavy atom. The third kappa shape index (κ3) is 2.18. The van der Waals surface area contributed by atoms with Crippen molar-refractivity contribution in [2.45, 2.75) is 6.42 Å². The Morgan fingerprint density at radius 3 is 2.48 bits per heavy atom. The standard InChI is InChI=1S/C16H17NO4/c1-17(11-3-2-4-12(18)8-11)15(19)13-9-5-6-10(7-9)14(13)16(20)21/h2-6,8-10,13-14,18H,7H2,1H3,(H,20,21)/t9?,10?,13-,14+/m0/s1. The van der Waals surface area contributed by atoms with Gasteiger partial charge in [0.15, 0.2) is 0 Å². The number of aromatic hydroxyl groups is 1. The summed E-state index contributed by atoms with van der Waals surface area (Å²) in [6.07, 6.45) is 4.62. The Bertz CT molecular complexity index is 624. The molecule has 5 nitrogen and oxygen atoms in total. The first-order valence-corrected chi connectivity index (χ1v) is 6.97. The number of carboxylic acids is 1. The number of nitrogens with zero attached hydrogens (tertiary/aromatic N) is 1. The van der Waals surface area contributed by atoms with E-state index in [0.29, 0.717) is 5.69 Å². The van der Waals surface area contributed by atoms with Crippen LogP contribution in [0.4, 0.5) is 5.69 Å². The third-order valence-corrected chi connectivity index (χ3v) is 4.58. The summed E-state index contributed by atoms with van der Waals surface area (Å²) in [5, 5.41) is 18.9. The van der Waals surface area contributed by atoms with Crippen LogP contribution < -0.4 is 4.90 Å². The number of anilines is 1. The van der Waals surface area contributed by atoms with E-state index >= 15 is 0 Å². The summed E-state index contributed by atoms with van der Waals surface area (Å²) >= 11 is 0. The molecule has 0 heterocycles. The molecular formula is C16H17NO4. The van der Waals surface area contributed by atoms with Crippen molar-refractivity contribution in [3.05, 3.63) is 36.4 Å². The van der Waals surface area contributed by atoms with Crippen molar-refractivity contribution in [2.75, 3.05) is 11.9 Å². The van der Waals surface area contributed by atoms with Crippen molar-refractivity contribution in [1.82, 2.24) is 0 Å². The quantitative estimate of drug-likeness (QED) is 0.832. The van der Waals surface area contributed by atoms with Crippen molar-refractivity contribution >= 4 is 17.6 Å². The number of benzene rings is 1. The molecule has 2 unspecified atom stereocenters. The minimum Gasteiger partial charge on any atom is -0.508 e. The number of hydrogen-bond acceptors (Lipinski definition) is 3. The summed E-state index contributed by atoms with van der Waals surface area (Å²) in [7, 11) is 1.62. The predicted molar refractivity (Wildman–Crippen MR) is 76.9 cm³/mol. The highest BCUT2D eigenvalue weighted by Gasteiger charge is 2.52. The first-order valence-electron chi connectivity index (χ1n) is 6.97. The van der Waals surface area contributed by atoms with E-state index in [-0.39, 0.29) is 23.5 Å². The van der Waals surface area contributed by atoms with Crippen molar-refractivity contribution in [2.24, 2.45) is 23.7 Å². The van der Waals surface area contributed by atoms with Crippen molar-refractivity contribution in [3.63, 3.8) is 0 Å². The molecule has 21 heavy (non-hydrogen) atoms. The smallest absolute Gasteiger partial charge is 0.307 e. The Morgan fingerprint density at radius 2 is 1.86 bits per heavy atom. The summed E-state index contributed by atoms with van der Waals surface area (Å²) in [4.78, 5) is 25.6. The van der Waals surface area contributed by atoms with E-state index in [1.807, 2.05) is 12.2 Å². The van der Waals surface area contributed by atoms with Gasteiger partial charge in [-0.2, -0.15) is 0 Å². The van der Waals surface area contributed by atoms with Gasteiger partial charge in [-0.25, -0.2) is 0 Å². The molecule has 0 aliphatic heterocycles. The van der Waals surface area contributed by atoms with E-state index in [4.69, 9.17) is 0 Å². The number of carbonyl (C=O) groups excluding carboxylic acids is 1. The van der Waals surface area contributed by atoms with Gasteiger partial charge in [-0.15, -0.1) is 0 Å². The summed E-state index contributed by atoms with van der Waals surface area (Å²) in [6, 6.07) is 6.40. The fourth-order valence-corrected chi connectivity index (χ4v) is 3.55. The first-order chi connectivity index (χ1) is 9.99. The molecule has 1 saturated carbocycles. The zero-order valence-electron chi connectivity index (χ0n) is 11.6. The van der Waals surface area contributed by atoms with Gasteiger partial charge in [-0.1, -0.05) is 18.2 Å². The second-order valence-electron chi connectivity index (χ2n) is 5.76. The normalized spacial score (nSPS) is 29.6. The van der Waals surface area contributed by atoms with E-state index in [1.165, 1.54) is 17.0 Å². The maximum atomic E-state index is 12.7. The van der Waals surface area contributed by atoms with Crippen LogP contribution in [-0.2, 0) is 9.59 Å². The van der Waals surface area contributed by atoms with Gasteiger partial charge < -0.3 is 15.1 Å². The number of carboxylic acid groups (broad SMARTS) is 1. The lowest BCUT2D eigenvalue weighted by Crippen LogP contribution is -2.41. The molecule has 3 rings (SSSR count).